The second kappa shape index (κ2) is 8.47. The fourth-order valence-electron chi connectivity index (χ4n) is 2.93. The van der Waals surface area contributed by atoms with Gasteiger partial charge < -0.3 is 20.3 Å². The van der Waals surface area contributed by atoms with Gasteiger partial charge in [-0.1, -0.05) is 6.92 Å². The summed E-state index contributed by atoms with van der Waals surface area (Å²) in [6.45, 7) is 11.6. The summed E-state index contributed by atoms with van der Waals surface area (Å²) in [6.07, 6.45) is 4.00. The fraction of sp³-hybridized carbons (Fsp3) is 0.933. The van der Waals surface area contributed by atoms with Gasteiger partial charge in [0.1, 0.15) is 0 Å². The zero-order chi connectivity index (χ0) is 14.2. The number of ether oxygens (including phenoxy) is 1. The highest BCUT2D eigenvalue weighted by Crippen LogP contribution is 2.15. The summed E-state index contributed by atoms with van der Waals surface area (Å²) in [5.74, 6) is 1.66. The van der Waals surface area contributed by atoms with Crippen LogP contribution in [0.2, 0.25) is 0 Å². The van der Waals surface area contributed by atoms with Gasteiger partial charge in [0.2, 0.25) is 0 Å². The number of nitrogens with one attached hydrogen (secondary N) is 2. The highest BCUT2D eigenvalue weighted by atomic mass is 16.5. The third-order valence-corrected chi connectivity index (χ3v) is 4.19. The molecule has 2 aliphatic heterocycles. The van der Waals surface area contributed by atoms with Gasteiger partial charge >= 0.3 is 0 Å². The van der Waals surface area contributed by atoms with Crippen LogP contribution in [-0.2, 0) is 4.74 Å². The number of nitrogens with zero attached hydrogens (tertiary/aromatic N) is 2. The molecule has 0 spiro atoms. The van der Waals surface area contributed by atoms with E-state index >= 15 is 0 Å². The molecule has 5 nitrogen and oxygen atoms in total. The third-order valence-electron chi connectivity index (χ3n) is 4.19. The van der Waals surface area contributed by atoms with E-state index in [1.54, 1.807) is 0 Å². The van der Waals surface area contributed by atoms with Gasteiger partial charge in [0.15, 0.2) is 5.96 Å². The van der Waals surface area contributed by atoms with Crippen molar-refractivity contribution in [2.24, 2.45) is 10.9 Å². The quantitative estimate of drug-likeness (QED) is 0.565. The first-order valence-corrected chi connectivity index (χ1v) is 8.18. The smallest absolute Gasteiger partial charge is 0.191 e. The molecule has 2 heterocycles. The van der Waals surface area contributed by atoms with Crippen molar-refractivity contribution >= 4 is 5.96 Å². The number of rotatable bonds is 6. The molecular weight excluding hydrogens is 252 g/mol. The minimum Gasteiger partial charge on any atom is -0.376 e. The van der Waals surface area contributed by atoms with Gasteiger partial charge in [-0.15, -0.1) is 0 Å². The van der Waals surface area contributed by atoms with Crippen LogP contribution < -0.4 is 10.6 Å². The maximum absolute atomic E-state index is 5.64. The van der Waals surface area contributed by atoms with Crippen LogP contribution in [0.1, 0.15) is 33.1 Å². The van der Waals surface area contributed by atoms with Gasteiger partial charge in [0, 0.05) is 32.8 Å². The van der Waals surface area contributed by atoms with E-state index in [4.69, 9.17) is 9.73 Å². The van der Waals surface area contributed by atoms with Crippen LogP contribution in [0.15, 0.2) is 4.99 Å². The zero-order valence-electron chi connectivity index (χ0n) is 13.0. The molecule has 0 radical (unpaired) electrons. The summed E-state index contributed by atoms with van der Waals surface area (Å²) < 4.78 is 5.64. The normalized spacial score (nSPS) is 28.0. The van der Waals surface area contributed by atoms with Crippen LogP contribution in [0.3, 0.4) is 0 Å². The van der Waals surface area contributed by atoms with Gasteiger partial charge in [-0.25, -0.2) is 0 Å². The van der Waals surface area contributed by atoms with Crippen molar-refractivity contribution in [3.8, 4) is 0 Å². The Morgan fingerprint density at radius 2 is 2.20 bits per heavy atom. The third kappa shape index (κ3) is 4.94. The van der Waals surface area contributed by atoms with E-state index in [0.717, 1.165) is 38.7 Å². The summed E-state index contributed by atoms with van der Waals surface area (Å²) in [6, 6.07) is 0. The van der Waals surface area contributed by atoms with Crippen LogP contribution in [0.25, 0.3) is 0 Å². The van der Waals surface area contributed by atoms with Crippen molar-refractivity contribution in [1.82, 2.24) is 15.5 Å². The van der Waals surface area contributed by atoms with E-state index in [1.165, 1.54) is 32.4 Å². The SMILES string of the molecule is CCNC(=NCC1CCN(CC)C1)NCC1CCCO1. The first-order chi connectivity index (χ1) is 9.81. The number of likely N-dealkylation sites (tertiary alicyclic amines) is 1. The van der Waals surface area contributed by atoms with E-state index in [-0.39, 0.29) is 0 Å². The molecule has 2 unspecified atom stereocenters. The summed E-state index contributed by atoms with van der Waals surface area (Å²) in [5.41, 5.74) is 0. The standard InChI is InChI=1S/C15H30N4O/c1-3-16-15(18-11-14-6-5-9-20-14)17-10-13-7-8-19(4-2)12-13/h13-14H,3-12H2,1-2H3,(H2,16,17,18). The maximum atomic E-state index is 5.64. The Morgan fingerprint density at radius 3 is 2.85 bits per heavy atom. The molecule has 0 aromatic heterocycles. The van der Waals surface area contributed by atoms with Gasteiger partial charge in [-0.05, 0) is 45.2 Å². The molecule has 0 aliphatic carbocycles. The highest BCUT2D eigenvalue weighted by Gasteiger charge is 2.21. The van der Waals surface area contributed by atoms with Crippen LogP contribution >= 0.6 is 0 Å². The minimum atomic E-state index is 0.362. The first-order valence-electron chi connectivity index (χ1n) is 8.18. The van der Waals surface area contributed by atoms with Crippen LogP contribution in [-0.4, -0.2) is 62.8 Å². The summed E-state index contributed by atoms with van der Waals surface area (Å²) >= 11 is 0. The molecule has 2 aliphatic rings. The molecule has 2 saturated heterocycles. The second-order valence-electron chi connectivity index (χ2n) is 5.78. The largest absolute Gasteiger partial charge is 0.376 e. The zero-order valence-corrected chi connectivity index (χ0v) is 13.0. The molecule has 0 amide bonds. The average molecular weight is 282 g/mol. The Hall–Kier alpha value is -0.810. The van der Waals surface area contributed by atoms with E-state index in [2.05, 4.69) is 29.4 Å². The molecule has 2 atom stereocenters. The Balaban J connectivity index is 1.73. The van der Waals surface area contributed by atoms with Gasteiger partial charge in [-0.2, -0.15) is 0 Å². The van der Waals surface area contributed by atoms with Crippen molar-refractivity contribution in [3.63, 3.8) is 0 Å². The maximum Gasteiger partial charge on any atom is 0.191 e. The van der Waals surface area contributed by atoms with E-state index in [1.807, 2.05) is 0 Å². The van der Waals surface area contributed by atoms with Crippen LogP contribution in [0.4, 0.5) is 0 Å². The predicted octanol–water partition coefficient (Wildman–Crippen LogP) is 1.06. The van der Waals surface area contributed by atoms with E-state index < -0.39 is 0 Å². The Bertz CT molecular complexity index is 302. The molecule has 20 heavy (non-hydrogen) atoms. The van der Waals surface area contributed by atoms with Crippen molar-refractivity contribution < 1.29 is 4.74 Å². The lowest BCUT2D eigenvalue weighted by atomic mass is 10.1. The summed E-state index contributed by atoms with van der Waals surface area (Å²) in [4.78, 5) is 7.24. The number of aliphatic imine (C=N–C) groups is 1. The predicted molar refractivity (Wildman–Crippen MR) is 83.2 cm³/mol. The lowest BCUT2D eigenvalue weighted by molar-refractivity contribution is 0.114. The average Bonchev–Trinajstić information content (AvgIpc) is 3.13. The van der Waals surface area contributed by atoms with Gasteiger partial charge in [0.05, 0.1) is 6.10 Å². The summed E-state index contributed by atoms with van der Waals surface area (Å²) in [5, 5.41) is 6.74. The van der Waals surface area contributed by atoms with Crippen molar-refractivity contribution in [3.05, 3.63) is 0 Å². The molecule has 0 aromatic rings. The molecule has 2 fully saturated rings. The van der Waals surface area contributed by atoms with Crippen LogP contribution in [0.5, 0.6) is 0 Å². The Labute approximate surface area is 123 Å². The topological polar surface area (TPSA) is 48.9 Å². The molecule has 2 rings (SSSR count). The monoisotopic (exact) mass is 282 g/mol. The number of guanidine groups is 1. The number of hydrogen-bond acceptors (Lipinski definition) is 3. The van der Waals surface area contributed by atoms with Crippen molar-refractivity contribution in [1.29, 1.82) is 0 Å². The summed E-state index contributed by atoms with van der Waals surface area (Å²) in [7, 11) is 0. The lowest BCUT2D eigenvalue weighted by Crippen LogP contribution is -2.41. The van der Waals surface area contributed by atoms with Gasteiger partial charge in [0.25, 0.3) is 0 Å². The van der Waals surface area contributed by atoms with Gasteiger partial charge in [-0.3, -0.25) is 4.99 Å². The number of hydrogen-bond donors (Lipinski definition) is 2. The van der Waals surface area contributed by atoms with E-state index in [9.17, 15) is 0 Å². The molecule has 5 heteroatoms. The molecule has 0 aromatic carbocycles. The Morgan fingerprint density at radius 1 is 1.30 bits per heavy atom. The molecule has 0 saturated carbocycles. The van der Waals surface area contributed by atoms with Crippen molar-refractivity contribution in [2.75, 3.05) is 45.9 Å². The van der Waals surface area contributed by atoms with E-state index in [0.29, 0.717) is 12.0 Å². The molecular formula is C15H30N4O. The molecule has 116 valence electrons. The minimum absolute atomic E-state index is 0.362. The Kier molecular flexibility index (Phi) is 6.60. The molecule has 0 bridgehead atoms. The fourth-order valence-corrected chi connectivity index (χ4v) is 2.93. The van der Waals surface area contributed by atoms with Crippen LogP contribution in [0, 0.1) is 5.92 Å². The first kappa shape index (κ1) is 15.6. The second-order valence-corrected chi connectivity index (χ2v) is 5.78. The lowest BCUT2D eigenvalue weighted by Gasteiger charge is -2.16. The molecule has 2 N–H and O–H groups in total. The highest BCUT2D eigenvalue weighted by molar-refractivity contribution is 5.79. The van der Waals surface area contributed by atoms with Crippen molar-refractivity contribution in [2.45, 2.75) is 39.2 Å².